The van der Waals surface area contributed by atoms with Gasteiger partial charge in [0.2, 0.25) is 5.82 Å². The number of H-pyrrole nitrogens is 1. The van der Waals surface area contributed by atoms with Crippen LogP contribution in [-0.4, -0.2) is 42.7 Å². The molecule has 1 amide bonds. The summed E-state index contributed by atoms with van der Waals surface area (Å²) in [6, 6.07) is 29.6. The van der Waals surface area contributed by atoms with Crippen molar-refractivity contribution in [3.8, 4) is 28.5 Å². The highest BCUT2D eigenvalue weighted by atomic mass is 35.5. The molecule has 0 aliphatic heterocycles. The summed E-state index contributed by atoms with van der Waals surface area (Å²) in [6.45, 7) is 3.14. The van der Waals surface area contributed by atoms with Gasteiger partial charge in [-0.05, 0) is 52.6 Å². The van der Waals surface area contributed by atoms with Gasteiger partial charge in [-0.25, -0.2) is 0 Å². The zero-order valence-corrected chi connectivity index (χ0v) is 23.0. The summed E-state index contributed by atoms with van der Waals surface area (Å²) in [7, 11) is 0. The summed E-state index contributed by atoms with van der Waals surface area (Å²) in [4.78, 5) is 18.1. The maximum absolute atomic E-state index is 13.4. The van der Waals surface area contributed by atoms with Gasteiger partial charge in [0, 0.05) is 17.1 Å². The number of tetrazole rings is 1. The molecule has 0 saturated heterocycles. The average molecular weight is 564 g/mol. The van der Waals surface area contributed by atoms with Gasteiger partial charge < -0.3 is 10.1 Å². The van der Waals surface area contributed by atoms with Crippen molar-refractivity contribution in [2.45, 2.75) is 20.0 Å². The highest BCUT2D eigenvalue weighted by Crippen LogP contribution is 2.31. The molecule has 0 aliphatic rings. The van der Waals surface area contributed by atoms with Crippen LogP contribution in [0.25, 0.3) is 33.5 Å². The van der Waals surface area contributed by atoms with Crippen LogP contribution in [0.1, 0.15) is 28.4 Å². The number of carbonyl (C=O) groups excluding carboxylic acids is 1. The van der Waals surface area contributed by atoms with E-state index >= 15 is 0 Å². The summed E-state index contributed by atoms with van der Waals surface area (Å²) in [6.07, 6.45) is 0. The fraction of sp³-hybridized carbons (Fsp3) is 0.129. The van der Waals surface area contributed by atoms with Crippen LogP contribution in [0.15, 0.2) is 91.0 Å². The smallest absolute Gasteiger partial charge is 0.297 e. The van der Waals surface area contributed by atoms with Crippen molar-refractivity contribution in [2.75, 3.05) is 6.61 Å². The van der Waals surface area contributed by atoms with Crippen molar-refractivity contribution >= 4 is 28.5 Å². The van der Waals surface area contributed by atoms with E-state index in [1.807, 2.05) is 72.2 Å². The Bertz CT molecular complexity index is 1810. The van der Waals surface area contributed by atoms with Crippen molar-refractivity contribution in [1.29, 1.82) is 0 Å². The normalized spacial score (nSPS) is 11.1. The molecule has 0 fully saturated rings. The minimum absolute atomic E-state index is 0.215. The number of fused-ring (bicyclic) bond motifs is 1. The number of hydrogen-bond acceptors (Lipinski definition) is 6. The van der Waals surface area contributed by atoms with Crippen LogP contribution in [-0.2, 0) is 13.1 Å². The fourth-order valence-electron chi connectivity index (χ4n) is 4.82. The maximum Gasteiger partial charge on any atom is 0.297 e. The number of benzene rings is 4. The quantitative estimate of drug-likeness (QED) is 0.226. The number of hydrogen-bond donors (Lipinski definition) is 2. The Morgan fingerprint density at radius 1 is 0.951 bits per heavy atom. The molecule has 4 aromatic carbocycles. The van der Waals surface area contributed by atoms with Crippen molar-refractivity contribution in [1.82, 2.24) is 35.5 Å². The van der Waals surface area contributed by atoms with Crippen LogP contribution in [0, 0.1) is 0 Å². The summed E-state index contributed by atoms with van der Waals surface area (Å²) in [5.74, 6) is 0.324. The molecule has 2 aromatic heterocycles. The second kappa shape index (κ2) is 11.6. The molecule has 6 aromatic rings. The number of para-hydroxylation sites is 1. The number of amides is 1. The van der Waals surface area contributed by atoms with Gasteiger partial charge in [-0.1, -0.05) is 84.4 Å². The van der Waals surface area contributed by atoms with Gasteiger partial charge in [0.25, 0.3) is 11.9 Å². The van der Waals surface area contributed by atoms with Gasteiger partial charge >= 0.3 is 0 Å². The van der Waals surface area contributed by atoms with Gasteiger partial charge in [0.05, 0.1) is 29.7 Å². The Morgan fingerprint density at radius 2 is 1.73 bits per heavy atom. The molecule has 2 heterocycles. The molecule has 0 unspecified atom stereocenters. The van der Waals surface area contributed by atoms with E-state index in [1.54, 1.807) is 6.07 Å². The molecule has 9 nitrogen and oxygen atoms in total. The summed E-state index contributed by atoms with van der Waals surface area (Å²) in [5.41, 5.74) is 6.69. The molecule has 204 valence electrons. The summed E-state index contributed by atoms with van der Waals surface area (Å²) >= 11 is 6.29. The monoisotopic (exact) mass is 563 g/mol. The van der Waals surface area contributed by atoms with Crippen LogP contribution in [0.5, 0.6) is 6.01 Å². The number of aromatic amines is 1. The topological polar surface area (TPSA) is 111 Å². The number of nitrogens with zero attached hydrogens (tertiary/aromatic N) is 5. The molecule has 0 atom stereocenters. The number of aromatic nitrogens is 6. The molecule has 0 radical (unpaired) electrons. The van der Waals surface area contributed by atoms with Gasteiger partial charge in [0.15, 0.2) is 0 Å². The molecule has 0 spiro atoms. The lowest BCUT2D eigenvalue weighted by molar-refractivity contribution is 0.0952. The standard InChI is InChI=1S/C31H26ClN7O2/c1-2-41-31-34-27-13-7-11-25(30(40)33-18-22-8-3-6-12-26(22)32)28(27)39(31)19-20-14-16-21(17-15-20)23-9-4-5-10-24(23)29-35-37-38-36-29/h3-17H,2,18-19H2,1H3,(H,33,40)(H,35,36,37,38). The van der Waals surface area contributed by atoms with E-state index in [0.29, 0.717) is 53.2 Å². The molecule has 0 bridgehead atoms. The number of rotatable bonds is 9. The van der Waals surface area contributed by atoms with Crippen molar-refractivity contribution in [2.24, 2.45) is 0 Å². The zero-order valence-electron chi connectivity index (χ0n) is 22.2. The van der Waals surface area contributed by atoms with E-state index in [0.717, 1.165) is 27.8 Å². The highest BCUT2D eigenvalue weighted by Gasteiger charge is 2.20. The Labute approximate surface area is 241 Å². The van der Waals surface area contributed by atoms with Gasteiger partial charge in [-0.2, -0.15) is 10.2 Å². The van der Waals surface area contributed by atoms with Crippen LogP contribution in [0.2, 0.25) is 5.02 Å². The Balaban J connectivity index is 1.31. The third-order valence-electron chi connectivity index (χ3n) is 6.77. The third-order valence-corrected chi connectivity index (χ3v) is 7.13. The zero-order chi connectivity index (χ0) is 28.2. The first-order valence-electron chi connectivity index (χ1n) is 13.2. The second-order valence-corrected chi connectivity index (χ2v) is 9.75. The first kappa shape index (κ1) is 26.2. The lowest BCUT2D eigenvalue weighted by atomic mass is 9.98. The molecule has 41 heavy (non-hydrogen) atoms. The van der Waals surface area contributed by atoms with E-state index in [4.69, 9.17) is 21.3 Å². The highest BCUT2D eigenvalue weighted by molar-refractivity contribution is 6.31. The maximum atomic E-state index is 13.4. The minimum atomic E-state index is -0.215. The van der Waals surface area contributed by atoms with Crippen molar-refractivity contribution < 1.29 is 9.53 Å². The Morgan fingerprint density at radius 3 is 2.49 bits per heavy atom. The van der Waals surface area contributed by atoms with Gasteiger partial charge in [-0.15, -0.1) is 10.2 Å². The summed E-state index contributed by atoms with van der Waals surface area (Å²) in [5, 5.41) is 18.1. The van der Waals surface area contributed by atoms with E-state index in [1.165, 1.54) is 0 Å². The lowest BCUT2D eigenvalue weighted by Crippen LogP contribution is -2.23. The first-order chi connectivity index (χ1) is 20.1. The van der Waals surface area contributed by atoms with Crippen LogP contribution in [0.4, 0.5) is 0 Å². The largest absolute Gasteiger partial charge is 0.465 e. The Hall–Kier alpha value is -5.02. The molecule has 10 heteroatoms. The third kappa shape index (κ3) is 5.39. The number of imidazole rings is 1. The average Bonchev–Trinajstić information content (AvgIpc) is 3.66. The molecular weight excluding hydrogens is 538 g/mol. The number of ether oxygens (including phenoxy) is 1. The molecule has 0 saturated carbocycles. The summed E-state index contributed by atoms with van der Waals surface area (Å²) < 4.78 is 7.85. The van der Waals surface area contributed by atoms with Crippen molar-refractivity contribution in [3.05, 3.63) is 113 Å². The van der Waals surface area contributed by atoms with E-state index in [-0.39, 0.29) is 5.91 Å². The van der Waals surface area contributed by atoms with E-state index in [2.05, 4.69) is 50.2 Å². The number of halogens is 1. The van der Waals surface area contributed by atoms with Crippen molar-refractivity contribution in [3.63, 3.8) is 0 Å². The molecule has 6 rings (SSSR count). The van der Waals surface area contributed by atoms with Gasteiger partial charge in [0.1, 0.15) is 0 Å². The van der Waals surface area contributed by atoms with Crippen LogP contribution < -0.4 is 10.1 Å². The minimum Gasteiger partial charge on any atom is -0.465 e. The lowest BCUT2D eigenvalue weighted by Gasteiger charge is -2.13. The molecular formula is C31H26ClN7O2. The number of carbonyl (C=O) groups is 1. The van der Waals surface area contributed by atoms with Gasteiger partial charge in [-0.3, -0.25) is 9.36 Å². The van der Waals surface area contributed by atoms with Crippen LogP contribution in [0.3, 0.4) is 0 Å². The molecule has 2 N–H and O–H groups in total. The first-order valence-corrected chi connectivity index (χ1v) is 13.6. The predicted molar refractivity (Wildman–Crippen MR) is 158 cm³/mol. The SMILES string of the molecule is CCOc1nc2cccc(C(=O)NCc3ccccc3Cl)c2n1Cc1ccc(-c2ccccc2-c2nn[nH]n2)cc1. The predicted octanol–water partition coefficient (Wildman–Crippen LogP) is 5.91. The van der Waals surface area contributed by atoms with E-state index < -0.39 is 0 Å². The Kier molecular flexibility index (Phi) is 7.42. The fourth-order valence-corrected chi connectivity index (χ4v) is 5.03. The number of nitrogens with one attached hydrogen (secondary N) is 2. The second-order valence-electron chi connectivity index (χ2n) is 9.34. The van der Waals surface area contributed by atoms with E-state index in [9.17, 15) is 4.79 Å². The molecule has 0 aliphatic carbocycles. The van der Waals surface area contributed by atoms with Crippen LogP contribution >= 0.6 is 11.6 Å².